The fraction of sp³-hybridized carbons (Fsp3) is 0.0625. The van der Waals surface area contributed by atoms with Gasteiger partial charge in [-0.05, 0) is 46.8 Å². The smallest absolute Gasteiger partial charge is 0.337 e. The molecule has 9 heteroatoms. The van der Waals surface area contributed by atoms with Crippen molar-refractivity contribution in [2.45, 2.75) is 0 Å². The number of aromatic nitrogens is 4. The normalized spacial score (nSPS) is 10.3. The second-order valence-electron chi connectivity index (χ2n) is 4.95. The Kier molecular flexibility index (Phi) is 4.71. The van der Waals surface area contributed by atoms with Crippen LogP contribution in [-0.2, 0) is 4.74 Å². The number of halogens is 1. The summed E-state index contributed by atoms with van der Waals surface area (Å²) >= 11 is 6.09. The van der Waals surface area contributed by atoms with Crippen molar-refractivity contribution in [3.05, 3.63) is 64.9 Å². The highest BCUT2D eigenvalue weighted by Crippen LogP contribution is 2.24. The minimum absolute atomic E-state index is 0.282. The van der Waals surface area contributed by atoms with Crippen molar-refractivity contribution in [2.24, 2.45) is 0 Å². The van der Waals surface area contributed by atoms with Gasteiger partial charge < -0.3 is 10.1 Å². The second kappa shape index (κ2) is 7.10. The minimum atomic E-state index is -0.521. The molecule has 0 aliphatic carbocycles. The molecule has 0 aliphatic heterocycles. The number of nitrogens with one attached hydrogen (secondary N) is 1. The summed E-state index contributed by atoms with van der Waals surface area (Å²) in [5, 5.41) is 13.9. The molecule has 1 N–H and O–H groups in total. The Labute approximate surface area is 147 Å². The third kappa shape index (κ3) is 3.64. The third-order valence-electron chi connectivity index (χ3n) is 3.36. The zero-order valence-corrected chi connectivity index (χ0v) is 13.8. The average Bonchev–Trinajstić information content (AvgIpc) is 3.17. The van der Waals surface area contributed by atoms with E-state index in [0.29, 0.717) is 22.0 Å². The molecule has 126 valence electrons. The molecule has 0 unspecified atom stereocenters. The van der Waals surface area contributed by atoms with E-state index in [-0.39, 0.29) is 11.5 Å². The van der Waals surface area contributed by atoms with Crippen LogP contribution in [0.1, 0.15) is 20.7 Å². The first-order chi connectivity index (χ1) is 12.1. The molecule has 0 saturated carbocycles. The fourth-order valence-electron chi connectivity index (χ4n) is 2.13. The average molecular weight is 358 g/mol. The minimum Gasteiger partial charge on any atom is -0.465 e. The van der Waals surface area contributed by atoms with Gasteiger partial charge in [0.1, 0.15) is 6.33 Å². The Morgan fingerprint density at radius 2 is 2.00 bits per heavy atom. The van der Waals surface area contributed by atoms with E-state index in [0.717, 1.165) is 0 Å². The summed E-state index contributed by atoms with van der Waals surface area (Å²) in [6, 6.07) is 11.2. The van der Waals surface area contributed by atoms with E-state index >= 15 is 0 Å². The van der Waals surface area contributed by atoms with Crippen LogP contribution in [0.5, 0.6) is 0 Å². The molecular formula is C16H12ClN5O3. The van der Waals surface area contributed by atoms with Crippen molar-refractivity contribution in [2.75, 3.05) is 12.4 Å². The fourth-order valence-corrected chi connectivity index (χ4v) is 2.29. The van der Waals surface area contributed by atoms with E-state index in [4.69, 9.17) is 11.6 Å². The van der Waals surface area contributed by atoms with Crippen molar-refractivity contribution in [3.63, 3.8) is 0 Å². The predicted octanol–water partition coefficient (Wildman–Crippen LogP) is 2.35. The number of carbonyl (C=O) groups excluding carboxylic acids is 2. The van der Waals surface area contributed by atoms with Crippen molar-refractivity contribution >= 4 is 29.2 Å². The number of hydrogen-bond acceptors (Lipinski definition) is 6. The molecule has 1 heterocycles. The number of benzene rings is 2. The van der Waals surface area contributed by atoms with Crippen LogP contribution < -0.4 is 5.32 Å². The number of anilines is 1. The first kappa shape index (κ1) is 16.6. The standard InChI is InChI=1S/C16H12ClN5O3/c1-25-16(24)11-5-6-13(17)14(8-11)19-15(23)10-3-2-4-12(7-10)22-9-18-20-21-22/h2-9H,1H3,(H,19,23). The Morgan fingerprint density at radius 1 is 1.16 bits per heavy atom. The number of amides is 1. The van der Waals surface area contributed by atoms with Crippen LogP contribution >= 0.6 is 11.6 Å². The van der Waals surface area contributed by atoms with Crippen molar-refractivity contribution < 1.29 is 14.3 Å². The molecule has 0 radical (unpaired) electrons. The monoisotopic (exact) mass is 357 g/mol. The van der Waals surface area contributed by atoms with E-state index in [1.165, 1.54) is 36.3 Å². The molecule has 1 amide bonds. The molecule has 0 atom stereocenters. The van der Waals surface area contributed by atoms with Crippen molar-refractivity contribution in [1.82, 2.24) is 20.2 Å². The van der Waals surface area contributed by atoms with E-state index < -0.39 is 5.97 Å². The van der Waals surface area contributed by atoms with Crippen LogP contribution in [0.15, 0.2) is 48.8 Å². The molecule has 0 bridgehead atoms. The summed E-state index contributed by atoms with van der Waals surface area (Å²) in [4.78, 5) is 24.1. The lowest BCUT2D eigenvalue weighted by Crippen LogP contribution is -2.13. The molecule has 0 fully saturated rings. The second-order valence-corrected chi connectivity index (χ2v) is 5.35. The zero-order valence-electron chi connectivity index (χ0n) is 13.0. The van der Waals surface area contributed by atoms with Gasteiger partial charge in [-0.3, -0.25) is 4.79 Å². The van der Waals surface area contributed by atoms with Crippen LogP contribution in [0.3, 0.4) is 0 Å². The Morgan fingerprint density at radius 3 is 2.72 bits per heavy atom. The highest BCUT2D eigenvalue weighted by molar-refractivity contribution is 6.34. The summed E-state index contributed by atoms with van der Waals surface area (Å²) < 4.78 is 6.09. The van der Waals surface area contributed by atoms with Crippen LogP contribution in [-0.4, -0.2) is 39.2 Å². The van der Waals surface area contributed by atoms with Crippen LogP contribution in [0.2, 0.25) is 5.02 Å². The number of methoxy groups -OCH3 is 1. The Hall–Kier alpha value is -3.26. The summed E-state index contributed by atoms with van der Waals surface area (Å²) in [5.41, 5.74) is 1.60. The van der Waals surface area contributed by atoms with Gasteiger partial charge in [-0.25, -0.2) is 9.48 Å². The molecular weight excluding hydrogens is 346 g/mol. The quantitative estimate of drug-likeness (QED) is 0.719. The van der Waals surface area contributed by atoms with Gasteiger partial charge in [-0.1, -0.05) is 17.7 Å². The van der Waals surface area contributed by atoms with Gasteiger partial charge >= 0.3 is 5.97 Å². The number of tetrazole rings is 1. The van der Waals surface area contributed by atoms with E-state index in [1.807, 2.05) is 0 Å². The van der Waals surface area contributed by atoms with Crippen molar-refractivity contribution in [3.8, 4) is 5.69 Å². The Bertz CT molecular complexity index is 927. The van der Waals surface area contributed by atoms with E-state index in [2.05, 4.69) is 25.6 Å². The topological polar surface area (TPSA) is 99.0 Å². The molecule has 3 rings (SSSR count). The maximum atomic E-state index is 12.5. The van der Waals surface area contributed by atoms with Gasteiger partial charge in [-0.2, -0.15) is 0 Å². The number of esters is 1. The molecule has 25 heavy (non-hydrogen) atoms. The van der Waals surface area contributed by atoms with Gasteiger partial charge in [0.25, 0.3) is 5.91 Å². The lowest BCUT2D eigenvalue weighted by atomic mass is 10.1. The number of carbonyl (C=O) groups is 2. The van der Waals surface area contributed by atoms with Crippen LogP contribution in [0.4, 0.5) is 5.69 Å². The van der Waals surface area contributed by atoms with E-state index in [1.54, 1.807) is 24.3 Å². The first-order valence-electron chi connectivity index (χ1n) is 7.11. The number of ether oxygens (including phenoxy) is 1. The lowest BCUT2D eigenvalue weighted by Gasteiger charge is -2.10. The van der Waals surface area contributed by atoms with Gasteiger partial charge in [0.15, 0.2) is 0 Å². The number of nitrogens with zero attached hydrogens (tertiary/aromatic N) is 4. The summed E-state index contributed by atoms with van der Waals surface area (Å²) in [7, 11) is 1.28. The summed E-state index contributed by atoms with van der Waals surface area (Å²) in [5.74, 6) is -0.910. The molecule has 1 aromatic heterocycles. The first-order valence-corrected chi connectivity index (χ1v) is 7.49. The highest BCUT2D eigenvalue weighted by Gasteiger charge is 2.13. The number of hydrogen-bond donors (Lipinski definition) is 1. The molecule has 3 aromatic rings. The molecule has 2 aromatic carbocycles. The van der Waals surface area contributed by atoms with Gasteiger partial charge in [0, 0.05) is 5.56 Å². The predicted molar refractivity (Wildman–Crippen MR) is 89.9 cm³/mol. The summed E-state index contributed by atoms with van der Waals surface area (Å²) in [6.45, 7) is 0. The highest BCUT2D eigenvalue weighted by atomic mass is 35.5. The number of rotatable bonds is 4. The maximum Gasteiger partial charge on any atom is 0.337 e. The zero-order chi connectivity index (χ0) is 17.8. The van der Waals surface area contributed by atoms with Crippen LogP contribution in [0.25, 0.3) is 5.69 Å². The summed E-state index contributed by atoms with van der Waals surface area (Å²) in [6.07, 6.45) is 1.42. The SMILES string of the molecule is COC(=O)c1ccc(Cl)c(NC(=O)c2cccc(-n3cnnn3)c2)c1. The van der Waals surface area contributed by atoms with Crippen molar-refractivity contribution in [1.29, 1.82) is 0 Å². The molecule has 8 nitrogen and oxygen atoms in total. The largest absolute Gasteiger partial charge is 0.465 e. The van der Waals surface area contributed by atoms with E-state index in [9.17, 15) is 9.59 Å². The molecule has 0 aliphatic rings. The van der Waals surface area contributed by atoms with Gasteiger partial charge in [0.05, 0.1) is 29.1 Å². The third-order valence-corrected chi connectivity index (χ3v) is 3.69. The van der Waals surface area contributed by atoms with Gasteiger partial charge in [0.2, 0.25) is 0 Å². The Balaban J connectivity index is 1.85. The van der Waals surface area contributed by atoms with Crippen LogP contribution in [0, 0.1) is 0 Å². The lowest BCUT2D eigenvalue weighted by molar-refractivity contribution is 0.0600. The maximum absolute atomic E-state index is 12.5. The molecule has 0 saturated heterocycles. The van der Waals surface area contributed by atoms with Gasteiger partial charge in [-0.15, -0.1) is 5.10 Å². The molecule has 0 spiro atoms.